The van der Waals surface area contributed by atoms with E-state index in [2.05, 4.69) is 17.2 Å². The molecular weight excluding hydrogens is 254 g/mol. The van der Waals surface area contributed by atoms with Gasteiger partial charge >= 0.3 is 0 Å². The van der Waals surface area contributed by atoms with Crippen LogP contribution in [0.2, 0.25) is 0 Å². The Balaban J connectivity index is 1.81. The molecule has 0 saturated carbocycles. The number of imidazole rings is 1. The molecule has 1 aliphatic heterocycles. The van der Waals surface area contributed by atoms with Gasteiger partial charge in [-0.1, -0.05) is 0 Å². The average molecular weight is 275 g/mol. The summed E-state index contributed by atoms with van der Waals surface area (Å²) in [4.78, 5) is 4.47. The van der Waals surface area contributed by atoms with Gasteiger partial charge < -0.3 is 13.7 Å². The second-order valence-corrected chi connectivity index (χ2v) is 5.41. The highest BCUT2D eigenvalue weighted by Gasteiger charge is 2.27. The molecule has 3 unspecified atom stereocenters. The Bertz CT molecular complexity index is 535. The maximum atomic E-state index is 5.61. The topological polar surface area (TPSA) is 52.2 Å². The fourth-order valence-corrected chi connectivity index (χ4v) is 2.78. The zero-order chi connectivity index (χ0) is 13.9. The van der Waals surface area contributed by atoms with Gasteiger partial charge in [0.25, 0.3) is 0 Å². The van der Waals surface area contributed by atoms with E-state index in [0.29, 0.717) is 12.1 Å². The monoisotopic (exact) mass is 275 g/mol. The van der Waals surface area contributed by atoms with E-state index in [0.717, 1.165) is 31.0 Å². The number of nitrogens with zero attached hydrogens (tertiary/aromatic N) is 2. The van der Waals surface area contributed by atoms with Gasteiger partial charge in [0.1, 0.15) is 17.6 Å². The zero-order valence-electron chi connectivity index (χ0n) is 12.0. The van der Waals surface area contributed by atoms with Crippen LogP contribution in [0.15, 0.2) is 35.2 Å². The van der Waals surface area contributed by atoms with Gasteiger partial charge in [0.2, 0.25) is 0 Å². The molecule has 1 N–H and O–H groups in total. The number of rotatable bonds is 4. The molecule has 5 heteroatoms. The molecule has 0 aliphatic carbocycles. The van der Waals surface area contributed by atoms with Crippen LogP contribution in [0.25, 0.3) is 0 Å². The van der Waals surface area contributed by atoms with E-state index in [1.54, 1.807) is 6.26 Å². The van der Waals surface area contributed by atoms with E-state index < -0.39 is 0 Å². The first-order valence-electron chi connectivity index (χ1n) is 7.12. The third-order valence-corrected chi connectivity index (χ3v) is 3.83. The molecular formula is C15H21N3O2. The van der Waals surface area contributed by atoms with Crippen LogP contribution in [0.1, 0.15) is 37.4 Å². The van der Waals surface area contributed by atoms with Crippen molar-refractivity contribution in [2.24, 2.45) is 7.05 Å². The Morgan fingerprint density at radius 2 is 2.40 bits per heavy atom. The zero-order valence-corrected chi connectivity index (χ0v) is 12.0. The van der Waals surface area contributed by atoms with Crippen LogP contribution in [-0.4, -0.2) is 28.3 Å². The Kier molecular flexibility index (Phi) is 3.89. The van der Waals surface area contributed by atoms with Crippen molar-refractivity contribution < 1.29 is 9.15 Å². The van der Waals surface area contributed by atoms with Gasteiger partial charge in [-0.15, -0.1) is 0 Å². The van der Waals surface area contributed by atoms with Crippen molar-refractivity contribution in [2.75, 3.05) is 6.61 Å². The van der Waals surface area contributed by atoms with Crippen molar-refractivity contribution in [2.45, 2.75) is 38.0 Å². The molecule has 0 bridgehead atoms. The molecule has 2 aromatic heterocycles. The van der Waals surface area contributed by atoms with Gasteiger partial charge in [0.15, 0.2) is 0 Å². The van der Waals surface area contributed by atoms with Crippen molar-refractivity contribution in [1.29, 1.82) is 0 Å². The Hall–Kier alpha value is -1.59. The minimum absolute atomic E-state index is 0.0136. The molecule has 0 aromatic carbocycles. The van der Waals surface area contributed by atoms with Gasteiger partial charge in [-0.2, -0.15) is 0 Å². The van der Waals surface area contributed by atoms with E-state index in [9.17, 15) is 0 Å². The van der Waals surface area contributed by atoms with Crippen LogP contribution in [0.5, 0.6) is 0 Å². The molecule has 1 aliphatic rings. The molecule has 3 rings (SSSR count). The lowest BCUT2D eigenvalue weighted by molar-refractivity contribution is 0.0114. The highest BCUT2D eigenvalue weighted by atomic mass is 16.5. The van der Waals surface area contributed by atoms with Crippen LogP contribution >= 0.6 is 0 Å². The van der Waals surface area contributed by atoms with E-state index in [-0.39, 0.29) is 6.04 Å². The maximum absolute atomic E-state index is 5.61. The van der Waals surface area contributed by atoms with Crippen molar-refractivity contribution >= 4 is 0 Å². The summed E-state index contributed by atoms with van der Waals surface area (Å²) in [5.41, 5.74) is 0. The lowest BCUT2D eigenvalue weighted by atomic mass is 10.0. The Morgan fingerprint density at radius 3 is 3.05 bits per heavy atom. The maximum Gasteiger partial charge on any atom is 0.133 e. The van der Waals surface area contributed by atoms with Crippen molar-refractivity contribution in [1.82, 2.24) is 14.9 Å². The fraction of sp³-hybridized carbons (Fsp3) is 0.533. The first-order valence-corrected chi connectivity index (χ1v) is 7.12. The summed E-state index contributed by atoms with van der Waals surface area (Å²) < 4.78 is 13.2. The van der Waals surface area contributed by atoms with Crippen molar-refractivity contribution in [3.63, 3.8) is 0 Å². The summed E-state index contributed by atoms with van der Waals surface area (Å²) in [6.07, 6.45) is 7.83. The van der Waals surface area contributed by atoms with E-state index in [1.165, 1.54) is 0 Å². The summed E-state index contributed by atoms with van der Waals surface area (Å²) in [6, 6.07) is 4.32. The molecule has 3 atom stereocenters. The molecule has 0 radical (unpaired) electrons. The number of nitrogens with one attached hydrogen (secondary N) is 1. The average Bonchev–Trinajstić information content (AvgIpc) is 3.07. The normalized spacial score (nSPS) is 24.7. The molecule has 1 saturated heterocycles. The molecule has 2 aromatic rings. The number of hydrogen-bond donors (Lipinski definition) is 1. The number of hydrogen-bond acceptors (Lipinski definition) is 4. The van der Waals surface area contributed by atoms with Gasteiger partial charge in [0.05, 0.1) is 12.4 Å². The predicted octanol–water partition coefficient (Wildman–Crippen LogP) is 2.26. The number of ether oxygens (including phenoxy) is 1. The molecule has 108 valence electrons. The second kappa shape index (κ2) is 5.81. The smallest absolute Gasteiger partial charge is 0.133 e. The largest absolute Gasteiger partial charge is 0.467 e. The van der Waals surface area contributed by atoms with Gasteiger partial charge in [-0.05, 0) is 31.9 Å². The van der Waals surface area contributed by atoms with Crippen molar-refractivity contribution in [3.8, 4) is 0 Å². The molecule has 5 nitrogen and oxygen atoms in total. The lowest BCUT2D eigenvalue weighted by Crippen LogP contribution is -2.40. The van der Waals surface area contributed by atoms with E-state index in [4.69, 9.17) is 9.15 Å². The minimum Gasteiger partial charge on any atom is -0.467 e. The SMILES string of the molecule is CC1CC(NC(c2ccco2)c2nccn2C)CCO1. The second-order valence-electron chi connectivity index (χ2n) is 5.41. The summed E-state index contributed by atoms with van der Waals surface area (Å²) in [5.74, 6) is 1.87. The van der Waals surface area contributed by atoms with Gasteiger partial charge in [0, 0.05) is 32.1 Å². The molecule has 1 fully saturated rings. The first kappa shape index (κ1) is 13.4. The van der Waals surface area contributed by atoms with E-state index in [1.807, 2.05) is 36.1 Å². The van der Waals surface area contributed by atoms with Crippen LogP contribution in [0, 0.1) is 0 Å². The standard InChI is InChI=1S/C15H21N3O2/c1-11-10-12(5-9-19-11)17-14(13-4-3-8-20-13)15-16-6-7-18(15)2/h3-4,6-8,11-12,14,17H,5,9-10H2,1-2H3. The molecule has 20 heavy (non-hydrogen) atoms. The van der Waals surface area contributed by atoms with Crippen molar-refractivity contribution in [3.05, 3.63) is 42.4 Å². The number of aromatic nitrogens is 2. The third kappa shape index (κ3) is 2.78. The van der Waals surface area contributed by atoms with Gasteiger partial charge in [-0.3, -0.25) is 5.32 Å². The summed E-state index contributed by atoms with van der Waals surface area (Å²) in [5, 5.41) is 3.67. The molecule has 0 amide bonds. The number of aryl methyl sites for hydroxylation is 1. The van der Waals surface area contributed by atoms with Gasteiger partial charge in [-0.25, -0.2) is 4.98 Å². The molecule has 3 heterocycles. The highest BCUT2D eigenvalue weighted by Crippen LogP contribution is 2.24. The summed E-state index contributed by atoms with van der Waals surface area (Å²) in [6.45, 7) is 2.93. The summed E-state index contributed by atoms with van der Waals surface area (Å²) >= 11 is 0. The quantitative estimate of drug-likeness (QED) is 0.930. The predicted molar refractivity (Wildman–Crippen MR) is 75.3 cm³/mol. The number of furan rings is 1. The Morgan fingerprint density at radius 1 is 1.50 bits per heavy atom. The van der Waals surface area contributed by atoms with Crippen LogP contribution in [0.4, 0.5) is 0 Å². The fourth-order valence-electron chi connectivity index (χ4n) is 2.78. The lowest BCUT2D eigenvalue weighted by Gasteiger charge is -2.30. The van der Waals surface area contributed by atoms with Crippen LogP contribution in [0.3, 0.4) is 0 Å². The van der Waals surface area contributed by atoms with Crippen LogP contribution < -0.4 is 5.32 Å². The first-order chi connectivity index (χ1) is 9.74. The summed E-state index contributed by atoms with van der Waals surface area (Å²) in [7, 11) is 2.01. The highest BCUT2D eigenvalue weighted by molar-refractivity contribution is 5.16. The third-order valence-electron chi connectivity index (χ3n) is 3.83. The minimum atomic E-state index is -0.0136. The van der Waals surface area contributed by atoms with E-state index >= 15 is 0 Å². The molecule has 0 spiro atoms. The van der Waals surface area contributed by atoms with Crippen LogP contribution in [-0.2, 0) is 11.8 Å². The Labute approximate surface area is 118 Å².